The van der Waals surface area contributed by atoms with Crippen molar-refractivity contribution < 1.29 is 27.9 Å². The van der Waals surface area contributed by atoms with Crippen LogP contribution in [0.15, 0.2) is 40.9 Å². The Morgan fingerprint density at radius 2 is 2.13 bits per heavy atom. The molecule has 4 rings (SSSR count). The van der Waals surface area contributed by atoms with Gasteiger partial charge in [-0.1, -0.05) is 23.4 Å². The van der Waals surface area contributed by atoms with Gasteiger partial charge in [-0.05, 0) is 42.2 Å². The molecule has 3 aromatic rings. The highest BCUT2D eigenvalue weighted by molar-refractivity contribution is 7.90. The lowest BCUT2D eigenvalue weighted by Crippen LogP contribution is -2.32. The number of nitrogens with zero attached hydrogens (tertiary/aromatic N) is 3. The van der Waals surface area contributed by atoms with E-state index in [2.05, 4.69) is 14.9 Å². The first-order valence-corrected chi connectivity index (χ1v) is 10.8. The lowest BCUT2D eigenvalue weighted by Gasteiger charge is -2.14. The van der Waals surface area contributed by atoms with E-state index in [0.717, 1.165) is 11.1 Å². The summed E-state index contributed by atoms with van der Waals surface area (Å²) in [6, 6.07) is 11.0. The van der Waals surface area contributed by atoms with E-state index in [1.54, 1.807) is 24.3 Å². The lowest BCUT2D eigenvalue weighted by molar-refractivity contribution is -0.134. The topological polar surface area (TPSA) is 166 Å². The number of nitriles is 1. The van der Waals surface area contributed by atoms with E-state index < -0.39 is 27.8 Å². The summed E-state index contributed by atoms with van der Waals surface area (Å²) in [6.45, 7) is 0. The van der Waals surface area contributed by atoms with Crippen molar-refractivity contribution in [2.24, 2.45) is 0 Å². The molecule has 0 saturated carbocycles. The van der Waals surface area contributed by atoms with E-state index in [1.165, 1.54) is 12.1 Å². The molecule has 1 atom stereocenters. The summed E-state index contributed by atoms with van der Waals surface area (Å²) < 4.78 is 31.8. The normalized spacial score (nSPS) is 15.4. The largest absolute Gasteiger partial charge is 0.507 e. The van der Waals surface area contributed by atoms with Gasteiger partial charge < -0.3 is 14.7 Å². The summed E-state index contributed by atoms with van der Waals surface area (Å²) in [7, 11) is -3.97. The first kappa shape index (κ1) is 20.5. The number of benzene rings is 2. The Morgan fingerprint density at radius 1 is 1.32 bits per heavy atom. The molecule has 10 nitrogen and oxygen atoms in total. The summed E-state index contributed by atoms with van der Waals surface area (Å²) in [6.07, 6.45) is 1.02. The molecule has 0 spiro atoms. The maximum Gasteiger partial charge on any atom is 0.320 e. The van der Waals surface area contributed by atoms with Gasteiger partial charge in [0, 0.05) is 17.2 Å². The minimum absolute atomic E-state index is 0.0781. The van der Waals surface area contributed by atoms with E-state index in [9.17, 15) is 18.3 Å². The first-order chi connectivity index (χ1) is 14.8. The van der Waals surface area contributed by atoms with Crippen LogP contribution in [0.5, 0.6) is 5.75 Å². The van der Waals surface area contributed by atoms with Crippen molar-refractivity contribution in [3.05, 3.63) is 53.1 Å². The summed E-state index contributed by atoms with van der Waals surface area (Å²) in [5, 5.41) is 31.5. The second-order valence-electron chi connectivity index (χ2n) is 7.00. The highest BCUT2D eigenvalue weighted by Crippen LogP contribution is 2.38. The van der Waals surface area contributed by atoms with Crippen LogP contribution in [0, 0.1) is 11.3 Å². The number of carbonyl (C=O) groups is 1. The van der Waals surface area contributed by atoms with Crippen LogP contribution in [-0.2, 0) is 21.2 Å². The number of hydrogen-bond donors (Lipinski definition) is 3. The molecule has 2 aromatic carbocycles. The fourth-order valence-corrected chi connectivity index (χ4v) is 4.70. The molecular formula is C20H16N4O6S. The van der Waals surface area contributed by atoms with Gasteiger partial charge in [-0.2, -0.15) is 10.2 Å². The number of aromatic nitrogens is 2. The predicted molar refractivity (Wildman–Crippen MR) is 107 cm³/mol. The number of phenolic OH excluding ortho intramolecular Hbond substituents is 1. The molecule has 31 heavy (non-hydrogen) atoms. The van der Waals surface area contributed by atoms with Gasteiger partial charge in [0.15, 0.2) is 5.75 Å². The molecule has 0 fully saturated rings. The third-order valence-electron chi connectivity index (χ3n) is 4.94. The Hall–Kier alpha value is -3.75. The number of aliphatic carboxylic acids is 1. The minimum atomic E-state index is -3.97. The molecule has 1 aliphatic carbocycles. The Labute approximate surface area is 176 Å². The van der Waals surface area contributed by atoms with Gasteiger partial charge in [-0.15, -0.1) is 0 Å². The van der Waals surface area contributed by atoms with Gasteiger partial charge in [0.2, 0.25) is 15.8 Å². The number of aromatic hydroxyl groups is 1. The SMILES string of the molecule is N#Cc1cc(-c2nc(-c3cccc4c3CC[C@@H]4NS(=O)(=O)CC(=O)O)no2)ccc1O. The fraction of sp³-hybridized carbons (Fsp3) is 0.200. The molecule has 3 N–H and O–H groups in total. The summed E-state index contributed by atoms with van der Waals surface area (Å²) in [5.74, 6) is -2.10. The number of fused-ring (bicyclic) bond motifs is 1. The quantitative estimate of drug-likeness (QED) is 0.519. The number of carboxylic acids is 1. The molecule has 11 heteroatoms. The number of hydrogen-bond acceptors (Lipinski definition) is 8. The standard InChI is InChI=1S/C20H16N4O6S/c21-9-12-8-11(4-7-17(12)25)20-22-19(23-30-20)15-3-1-2-14-13(15)5-6-16(14)24-31(28,29)10-18(26)27/h1-4,7-8,16,24-25H,5-6,10H2,(H,26,27)/t16-/m0/s1. The fourth-order valence-electron chi connectivity index (χ4n) is 3.62. The Morgan fingerprint density at radius 3 is 2.87 bits per heavy atom. The average Bonchev–Trinajstić information content (AvgIpc) is 3.35. The second-order valence-corrected chi connectivity index (χ2v) is 8.76. The molecule has 1 aliphatic rings. The summed E-state index contributed by atoms with van der Waals surface area (Å²) in [4.78, 5) is 15.2. The number of phenols is 1. The summed E-state index contributed by atoms with van der Waals surface area (Å²) >= 11 is 0. The molecule has 0 amide bonds. The highest BCUT2D eigenvalue weighted by atomic mass is 32.2. The number of carboxylic acid groups (broad SMARTS) is 1. The van der Waals surface area contributed by atoms with Crippen molar-refractivity contribution in [1.82, 2.24) is 14.9 Å². The van der Waals surface area contributed by atoms with Crippen molar-refractivity contribution in [2.75, 3.05) is 5.75 Å². The Balaban J connectivity index is 1.64. The van der Waals surface area contributed by atoms with Crippen LogP contribution < -0.4 is 4.72 Å². The molecule has 1 heterocycles. The van der Waals surface area contributed by atoms with Crippen LogP contribution in [-0.4, -0.2) is 40.5 Å². The third kappa shape index (κ3) is 4.11. The number of nitrogens with one attached hydrogen (secondary N) is 1. The van der Waals surface area contributed by atoms with Gasteiger partial charge >= 0.3 is 5.97 Å². The molecule has 0 bridgehead atoms. The molecule has 0 unspecified atom stereocenters. The van der Waals surface area contributed by atoms with E-state index in [1.807, 2.05) is 6.07 Å². The highest BCUT2D eigenvalue weighted by Gasteiger charge is 2.30. The van der Waals surface area contributed by atoms with E-state index in [0.29, 0.717) is 29.8 Å². The van der Waals surface area contributed by atoms with Crippen molar-refractivity contribution in [3.63, 3.8) is 0 Å². The van der Waals surface area contributed by atoms with Crippen LogP contribution in [0.3, 0.4) is 0 Å². The third-order valence-corrected chi connectivity index (χ3v) is 6.21. The van der Waals surface area contributed by atoms with Crippen LogP contribution in [0.1, 0.15) is 29.2 Å². The summed E-state index contributed by atoms with van der Waals surface area (Å²) in [5.41, 5.74) is 2.80. The maximum absolute atomic E-state index is 12.0. The zero-order chi connectivity index (χ0) is 22.2. The number of rotatable bonds is 6. The second kappa shape index (κ2) is 7.82. The predicted octanol–water partition coefficient (Wildman–Crippen LogP) is 1.97. The van der Waals surface area contributed by atoms with Crippen molar-refractivity contribution in [3.8, 4) is 34.7 Å². The molecule has 0 aliphatic heterocycles. The van der Waals surface area contributed by atoms with E-state index >= 15 is 0 Å². The maximum atomic E-state index is 12.0. The van der Waals surface area contributed by atoms with E-state index in [-0.39, 0.29) is 17.2 Å². The van der Waals surface area contributed by atoms with Crippen LogP contribution in [0.2, 0.25) is 0 Å². The molecule has 0 saturated heterocycles. The first-order valence-electron chi connectivity index (χ1n) is 9.18. The lowest BCUT2D eigenvalue weighted by atomic mass is 10.0. The van der Waals surface area contributed by atoms with Crippen molar-refractivity contribution in [1.29, 1.82) is 5.26 Å². The zero-order valence-corrected chi connectivity index (χ0v) is 16.8. The molecule has 0 radical (unpaired) electrons. The monoisotopic (exact) mass is 440 g/mol. The van der Waals surface area contributed by atoms with Crippen molar-refractivity contribution in [2.45, 2.75) is 18.9 Å². The smallest absolute Gasteiger partial charge is 0.320 e. The van der Waals surface area contributed by atoms with Gasteiger partial charge in [0.25, 0.3) is 5.89 Å². The molecular weight excluding hydrogens is 424 g/mol. The van der Waals surface area contributed by atoms with Gasteiger partial charge in [-0.25, -0.2) is 13.1 Å². The zero-order valence-electron chi connectivity index (χ0n) is 15.9. The van der Waals surface area contributed by atoms with Crippen LogP contribution >= 0.6 is 0 Å². The Bertz CT molecular complexity index is 1330. The van der Waals surface area contributed by atoms with Crippen LogP contribution in [0.4, 0.5) is 0 Å². The van der Waals surface area contributed by atoms with Gasteiger partial charge in [0.1, 0.15) is 11.8 Å². The van der Waals surface area contributed by atoms with Gasteiger partial charge in [-0.3, -0.25) is 4.79 Å². The van der Waals surface area contributed by atoms with Gasteiger partial charge in [0.05, 0.1) is 5.56 Å². The van der Waals surface area contributed by atoms with Crippen molar-refractivity contribution >= 4 is 16.0 Å². The molecule has 158 valence electrons. The molecule has 1 aromatic heterocycles. The number of sulfonamides is 1. The van der Waals surface area contributed by atoms with E-state index in [4.69, 9.17) is 14.9 Å². The minimum Gasteiger partial charge on any atom is -0.507 e. The van der Waals surface area contributed by atoms with Crippen LogP contribution in [0.25, 0.3) is 22.8 Å². The average molecular weight is 440 g/mol. The Kier molecular flexibility index (Phi) is 5.18.